The number of aryl methyl sites for hydroxylation is 1. The first-order chi connectivity index (χ1) is 9.83. The molecule has 0 saturated heterocycles. The van der Waals surface area contributed by atoms with E-state index in [-0.39, 0.29) is 5.25 Å². The lowest BCUT2D eigenvalue weighted by Crippen LogP contribution is -2.44. The average molecular weight is 309 g/mol. The molecule has 1 fully saturated rings. The Hall–Kier alpha value is -1.59. The monoisotopic (exact) mass is 309 g/mol. The first-order valence-electron chi connectivity index (χ1n) is 6.86. The van der Waals surface area contributed by atoms with Crippen LogP contribution in [0.2, 0.25) is 0 Å². The van der Waals surface area contributed by atoms with Crippen molar-refractivity contribution in [1.29, 1.82) is 5.26 Å². The topological polar surface area (TPSA) is 104 Å². The van der Waals surface area contributed by atoms with Gasteiger partial charge in [-0.25, -0.2) is 0 Å². The van der Waals surface area contributed by atoms with Crippen molar-refractivity contribution in [3.63, 3.8) is 0 Å². The van der Waals surface area contributed by atoms with Crippen LogP contribution in [0.15, 0.2) is 14.7 Å². The quantitative estimate of drug-likeness (QED) is 0.581. The van der Waals surface area contributed by atoms with Crippen molar-refractivity contribution in [2.24, 2.45) is 7.05 Å². The van der Waals surface area contributed by atoms with Crippen molar-refractivity contribution >= 4 is 11.8 Å². The second-order valence-electron chi connectivity index (χ2n) is 5.69. The molecule has 0 bridgehead atoms. The molecule has 1 heterocycles. The van der Waals surface area contributed by atoms with Crippen LogP contribution in [-0.2, 0) is 7.05 Å². The number of nitrogens with zero attached hydrogens (tertiary/aromatic N) is 3. The summed E-state index contributed by atoms with van der Waals surface area (Å²) in [5.74, 6) is 0. The maximum Gasteiger partial charge on any atom is 0.339 e. The predicted octanol–water partition coefficient (Wildman–Crippen LogP) is 0.374. The molecule has 1 saturated carbocycles. The first kappa shape index (κ1) is 15.8. The zero-order valence-corrected chi connectivity index (χ0v) is 13.2. The van der Waals surface area contributed by atoms with Gasteiger partial charge in [0.1, 0.15) is 5.54 Å². The second kappa shape index (κ2) is 6.03. The summed E-state index contributed by atoms with van der Waals surface area (Å²) in [5, 5.41) is 15.7. The molecule has 2 unspecified atom stereocenters. The highest BCUT2D eigenvalue weighted by Gasteiger charge is 2.34. The molecule has 0 radical (unpaired) electrons. The van der Waals surface area contributed by atoms with Crippen molar-refractivity contribution in [1.82, 2.24) is 20.1 Å². The lowest BCUT2D eigenvalue weighted by molar-refractivity contribution is 0.414. The summed E-state index contributed by atoms with van der Waals surface area (Å²) < 4.78 is 1.43. The third kappa shape index (κ3) is 4.19. The Labute approximate surface area is 126 Å². The standard InChI is InChI=1S/C13H19N5O2S/c1-8(6-13(2,7-14)16-9-4-5-9)21-12-15-10(19)11(20)17-18(12)3/h8-9,16H,4-6H2,1-3H3,(H,17,20). The van der Waals surface area contributed by atoms with Gasteiger partial charge < -0.3 is 0 Å². The molecule has 1 aromatic heterocycles. The molecule has 114 valence electrons. The fraction of sp³-hybridized carbons (Fsp3) is 0.692. The van der Waals surface area contributed by atoms with Crippen LogP contribution in [-0.4, -0.2) is 31.6 Å². The normalized spacial score (nSPS) is 18.8. The Bertz CT molecular complexity index is 672. The van der Waals surface area contributed by atoms with E-state index in [1.54, 1.807) is 7.05 Å². The third-order valence-electron chi connectivity index (χ3n) is 3.30. The Morgan fingerprint density at radius 2 is 2.29 bits per heavy atom. The number of H-pyrrole nitrogens is 1. The molecule has 1 aliphatic rings. The minimum absolute atomic E-state index is 0.0740. The van der Waals surface area contributed by atoms with Gasteiger partial charge in [0.25, 0.3) is 0 Å². The molecule has 1 aliphatic carbocycles. The summed E-state index contributed by atoms with van der Waals surface area (Å²) in [6, 6.07) is 2.78. The van der Waals surface area contributed by atoms with E-state index in [1.807, 2.05) is 13.8 Å². The van der Waals surface area contributed by atoms with Gasteiger partial charge in [0, 0.05) is 18.3 Å². The minimum Gasteiger partial charge on any atom is -0.297 e. The Morgan fingerprint density at radius 1 is 1.62 bits per heavy atom. The predicted molar refractivity (Wildman–Crippen MR) is 80.2 cm³/mol. The summed E-state index contributed by atoms with van der Waals surface area (Å²) >= 11 is 1.37. The highest BCUT2D eigenvalue weighted by Crippen LogP contribution is 2.29. The number of hydrogen-bond acceptors (Lipinski definition) is 6. The number of nitriles is 1. The van der Waals surface area contributed by atoms with Crippen molar-refractivity contribution in [2.75, 3.05) is 0 Å². The zero-order chi connectivity index (χ0) is 15.6. The number of aromatic amines is 1. The molecule has 21 heavy (non-hydrogen) atoms. The largest absolute Gasteiger partial charge is 0.339 e. The van der Waals surface area contributed by atoms with Gasteiger partial charge >= 0.3 is 11.1 Å². The van der Waals surface area contributed by atoms with E-state index in [0.717, 1.165) is 12.8 Å². The van der Waals surface area contributed by atoms with E-state index in [0.29, 0.717) is 17.6 Å². The van der Waals surface area contributed by atoms with Crippen molar-refractivity contribution in [2.45, 2.75) is 55.1 Å². The molecule has 0 amide bonds. The molecule has 2 N–H and O–H groups in total. The summed E-state index contributed by atoms with van der Waals surface area (Å²) in [5.41, 5.74) is -2.11. The molecule has 0 aliphatic heterocycles. The molecule has 2 rings (SSSR count). The number of nitrogens with one attached hydrogen (secondary N) is 2. The molecule has 0 aromatic carbocycles. The third-order valence-corrected chi connectivity index (χ3v) is 4.44. The Kier molecular flexibility index (Phi) is 4.54. The van der Waals surface area contributed by atoms with Crippen LogP contribution in [0.25, 0.3) is 0 Å². The molecule has 0 spiro atoms. The summed E-state index contributed by atoms with van der Waals surface area (Å²) in [6.07, 6.45) is 2.86. The van der Waals surface area contributed by atoms with E-state index in [1.165, 1.54) is 16.4 Å². The molecule has 2 atom stereocenters. The Morgan fingerprint density at radius 3 is 2.86 bits per heavy atom. The van der Waals surface area contributed by atoms with Gasteiger partial charge in [0.05, 0.1) is 6.07 Å². The maximum absolute atomic E-state index is 11.3. The van der Waals surface area contributed by atoms with Crippen LogP contribution in [0.5, 0.6) is 0 Å². The number of aromatic nitrogens is 3. The van der Waals surface area contributed by atoms with E-state index in [2.05, 4.69) is 21.5 Å². The van der Waals surface area contributed by atoms with E-state index >= 15 is 0 Å². The van der Waals surface area contributed by atoms with Gasteiger partial charge in [-0.3, -0.25) is 24.7 Å². The molecule has 8 heteroatoms. The van der Waals surface area contributed by atoms with Gasteiger partial charge in [-0.2, -0.15) is 10.2 Å². The average Bonchev–Trinajstić information content (AvgIpc) is 3.19. The number of hydrogen-bond donors (Lipinski definition) is 2. The van der Waals surface area contributed by atoms with Crippen LogP contribution in [0.4, 0.5) is 0 Å². The van der Waals surface area contributed by atoms with Crippen molar-refractivity contribution in [3.05, 3.63) is 20.7 Å². The van der Waals surface area contributed by atoms with Gasteiger partial charge in [0.2, 0.25) is 0 Å². The Balaban J connectivity index is 2.05. The van der Waals surface area contributed by atoms with Gasteiger partial charge in [-0.05, 0) is 26.2 Å². The van der Waals surface area contributed by atoms with Gasteiger partial charge in [-0.15, -0.1) is 0 Å². The summed E-state index contributed by atoms with van der Waals surface area (Å²) in [4.78, 5) is 26.3. The zero-order valence-electron chi connectivity index (χ0n) is 12.3. The maximum atomic E-state index is 11.3. The fourth-order valence-electron chi connectivity index (χ4n) is 2.18. The first-order valence-corrected chi connectivity index (χ1v) is 7.74. The van der Waals surface area contributed by atoms with Crippen LogP contribution in [0.3, 0.4) is 0 Å². The summed E-state index contributed by atoms with van der Waals surface area (Å²) in [6.45, 7) is 3.87. The van der Waals surface area contributed by atoms with Gasteiger partial charge in [-0.1, -0.05) is 18.7 Å². The molecule has 1 aromatic rings. The SMILES string of the molecule is CC(CC(C)(C#N)NC1CC1)Sc1nc(=O)c(=O)[nH]n1C. The number of thioether (sulfide) groups is 1. The van der Waals surface area contributed by atoms with Crippen LogP contribution < -0.4 is 16.4 Å². The van der Waals surface area contributed by atoms with Crippen LogP contribution in [0, 0.1) is 11.3 Å². The highest BCUT2D eigenvalue weighted by molar-refractivity contribution is 7.99. The van der Waals surface area contributed by atoms with E-state index in [4.69, 9.17) is 0 Å². The van der Waals surface area contributed by atoms with Crippen molar-refractivity contribution in [3.8, 4) is 6.07 Å². The molecule has 7 nitrogen and oxygen atoms in total. The van der Waals surface area contributed by atoms with Crippen LogP contribution in [0.1, 0.15) is 33.1 Å². The van der Waals surface area contributed by atoms with E-state index in [9.17, 15) is 14.9 Å². The fourth-order valence-corrected chi connectivity index (χ4v) is 3.29. The lowest BCUT2D eigenvalue weighted by Gasteiger charge is -2.26. The molecular weight excluding hydrogens is 290 g/mol. The lowest BCUT2D eigenvalue weighted by atomic mass is 9.98. The van der Waals surface area contributed by atoms with E-state index < -0.39 is 16.7 Å². The minimum atomic E-state index is -0.790. The van der Waals surface area contributed by atoms with Gasteiger partial charge in [0.15, 0.2) is 5.16 Å². The number of rotatable bonds is 6. The van der Waals surface area contributed by atoms with Crippen LogP contribution >= 0.6 is 11.8 Å². The van der Waals surface area contributed by atoms with Crippen molar-refractivity contribution < 1.29 is 0 Å². The molecular formula is C13H19N5O2S. The summed E-state index contributed by atoms with van der Waals surface area (Å²) in [7, 11) is 1.63. The highest BCUT2D eigenvalue weighted by atomic mass is 32.2. The smallest absolute Gasteiger partial charge is 0.297 e. The second-order valence-corrected chi connectivity index (χ2v) is 7.10.